The van der Waals surface area contributed by atoms with Crippen molar-refractivity contribution in [2.75, 3.05) is 7.11 Å². The molecule has 0 aromatic rings. The maximum absolute atomic E-state index is 8.09. The zero-order chi connectivity index (χ0) is 7.98. The molecule has 4 heteroatoms. The predicted molar refractivity (Wildman–Crippen MR) is 38.0 cm³/mol. The average Bonchev–Trinajstić information content (AvgIpc) is 1.86. The third kappa shape index (κ3) is 3.50. The molecule has 0 fully saturated rings. The van der Waals surface area contributed by atoms with E-state index in [4.69, 9.17) is 11.0 Å². The normalized spacial score (nSPS) is 12.5. The Bertz CT molecular complexity index is 196. The van der Waals surface area contributed by atoms with E-state index in [0.717, 1.165) is 0 Å². The predicted octanol–water partition coefficient (Wildman–Crippen LogP) is 0.375. The number of allylic oxidation sites excluding steroid dienone is 1. The minimum atomic E-state index is 0.225. The Labute approximate surface area is 59.6 Å². The van der Waals surface area contributed by atoms with Gasteiger partial charge in [0.25, 0.3) is 0 Å². The molecule has 0 unspecified atom stereocenters. The van der Waals surface area contributed by atoms with Gasteiger partial charge in [-0.1, -0.05) is 0 Å². The Morgan fingerprint density at radius 2 is 2.40 bits per heavy atom. The van der Waals surface area contributed by atoms with E-state index in [1.165, 1.54) is 13.2 Å². The zero-order valence-electron chi connectivity index (χ0n) is 5.96. The average molecular weight is 139 g/mol. The van der Waals surface area contributed by atoms with Crippen LogP contribution in [0.15, 0.2) is 16.8 Å². The Morgan fingerprint density at radius 3 is 2.70 bits per heavy atom. The fourth-order valence-electron chi connectivity index (χ4n) is 0.381. The summed E-state index contributed by atoms with van der Waals surface area (Å²) in [5.41, 5.74) is 5.84. The molecule has 0 aromatic carbocycles. The molecule has 0 radical (unpaired) electrons. The SMILES string of the molecule is COC(/C=C(/C)N)=N\C#N. The molecular weight excluding hydrogens is 130 g/mol. The molecule has 0 aliphatic heterocycles. The van der Waals surface area contributed by atoms with Crippen LogP contribution >= 0.6 is 0 Å². The Hall–Kier alpha value is -1.50. The molecule has 0 spiro atoms. The van der Waals surface area contributed by atoms with E-state index in [2.05, 4.69) is 9.73 Å². The van der Waals surface area contributed by atoms with Crippen molar-refractivity contribution < 1.29 is 4.74 Å². The van der Waals surface area contributed by atoms with Crippen LogP contribution in [0.3, 0.4) is 0 Å². The van der Waals surface area contributed by atoms with Crippen LogP contribution in [0.1, 0.15) is 6.92 Å². The highest BCUT2D eigenvalue weighted by Crippen LogP contribution is 1.86. The number of nitrogens with zero attached hydrogens (tertiary/aromatic N) is 2. The number of methoxy groups -OCH3 is 1. The van der Waals surface area contributed by atoms with Crippen LogP contribution in [0.4, 0.5) is 0 Å². The summed E-state index contributed by atoms with van der Waals surface area (Å²) in [5.74, 6) is 0.225. The number of nitrogens with two attached hydrogens (primary N) is 1. The van der Waals surface area contributed by atoms with Gasteiger partial charge in [-0.05, 0) is 6.92 Å². The third-order valence-corrected chi connectivity index (χ3v) is 0.720. The second-order valence-corrected chi connectivity index (χ2v) is 1.64. The lowest BCUT2D eigenvalue weighted by molar-refractivity contribution is 0.407. The van der Waals surface area contributed by atoms with Gasteiger partial charge in [-0.3, -0.25) is 0 Å². The quantitative estimate of drug-likeness (QED) is 0.324. The Balaban J connectivity index is 4.27. The van der Waals surface area contributed by atoms with Gasteiger partial charge in [0.1, 0.15) is 0 Å². The first-order valence-electron chi connectivity index (χ1n) is 2.65. The van der Waals surface area contributed by atoms with Crippen molar-refractivity contribution in [1.29, 1.82) is 5.26 Å². The summed E-state index contributed by atoms with van der Waals surface area (Å²) in [4.78, 5) is 3.33. The second kappa shape index (κ2) is 4.39. The third-order valence-electron chi connectivity index (χ3n) is 0.720. The molecule has 0 amide bonds. The first-order chi connectivity index (χ1) is 4.70. The molecule has 0 aromatic heterocycles. The van der Waals surface area contributed by atoms with Gasteiger partial charge in [0.05, 0.1) is 7.11 Å². The maximum Gasteiger partial charge on any atom is 0.225 e. The first kappa shape index (κ1) is 8.50. The summed E-state index contributed by atoms with van der Waals surface area (Å²) in [6.45, 7) is 1.69. The van der Waals surface area contributed by atoms with Crippen molar-refractivity contribution in [2.24, 2.45) is 10.7 Å². The molecule has 10 heavy (non-hydrogen) atoms. The molecule has 0 bridgehead atoms. The number of hydrogen-bond donors (Lipinski definition) is 1. The van der Waals surface area contributed by atoms with Crippen molar-refractivity contribution in [3.63, 3.8) is 0 Å². The molecule has 0 aliphatic rings. The van der Waals surface area contributed by atoms with E-state index < -0.39 is 0 Å². The number of nitriles is 1. The van der Waals surface area contributed by atoms with Crippen molar-refractivity contribution in [1.82, 2.24) is 0 Å². The summed E-state index contributed by atoms with van der Waals surface area (Å²) in [6, 6.07) is 0. The summed E-state index contributed by atoms with van der Waals surface area (Å²) in [7, 11) is 1.43. The van der Waals surface area contributed by atoms with E-state index in [0.29, 0.717) is 5.70 Å². The van der Waals surface area contributed by atoms with Gasteiger partial charge in [0.2, 0.25) is 12.1 Å². The monoisotopic (exact) mass is 139 g/mol. The molecule has 4 nitrogen and oxygen atoms in total. The van der Waals surface area contributed by atoms with Gasteiger partial charge in [0, 0.05) is 11.8 Å². The molecule has 54 valence electrons. The van der Waals surface area contributed by atoms with Crippen LogP contribution in [0, 0.1) is 11.5 Å². The highest BCUT2D eigenvalue weighted by atomic mass is 16.5. The highest BCUT2D eigenvalue weighted by molar-refractivity contribution is 5.88. The smallest absolute Gasteiger partial charge is 0.225 e. The van der Waals surface area contributed by atoms with E-state index in [1.807, 2.05) is 0 Å². The standard InChI is InChI=1S/C6H9N3O/c1-5(8)3-6(10-2)9-4-7/h3H,8H2,1-2H3/b5-3-,9-6-. The van der Waals surface area contributed by atoms with Crippen LogP contribution in [0.2, 0.25) is 0 Å². The van der Waals surface area contributed by atoms with E-state index in [-0.39, 0.29) is 5.90 Å². The van der Waals surface area contributed by atoms with Gasteiger partial charge < -0.3 is 10.5 Å². The van der Waals surface area contributed by atoms with Gasteiger partial charge in [0.15, 0.2) is 0 Å². The van der Waals surface area contributed by atoms with Crippen LogP contribution in [0.25, 0.3) is 0 Å². The summed E-state index contributed by atoms with van der Waals surface area (Å²) >= 11 is 0. The number of ether oxygens (including phenoxy) is 1. The number of aliphatic imine (C=N–C) groups is 1. The molecular formula is C6H9N3O. The van der Waals surface area contributed by atoms with E-state index in [1.54, 1.807) is 13.1 Å². The Morgan fingerprint density at radius 1 is 1.80 bits per heavy atom. The molecule has 0 atom stereocenters. The lowest BCUT2D eigenvalue weighted by Gasteiger charge is -1.94. The summed E-state index contributed by atoms with van der Waals surface area (Å²) in [6.07, 6.45) is 3.06. The minimum Gasteiger partial charge on any atom is -0.480 e. The number of hydrogen-bond acceptors (Lipinski definition) is 4. The summed E-state index contributed by atoms with van der Waals surface area (Å²) < 4.78 is 4.67. The van der Waals surface area contributed by atoms with Crippen molar-refractivity contribution >= 4 is 5.90 Å². The lowest BCUT2D eigenvalue weighted by atomic mass is 10.4. The van der Waals surface area contributed by atoms with Crippen LogP contribution in [-0.2, 0) is 4.74 Å². The lowest BCUT2D eigenvalue weighted by Crippen LogP contribution is -2.00. The molecule has 0 saturated carbocycles. The van der Waals surface area contributed by atoms with Crippen molar-refractivity contribution in [3.05, 3.63) is 11.8 Å². The molecule has 0 rings (SSSR count). The summed E-state index contributed by atoms with van der Waals surface area (Å²) in [5, 5.41) is 8.09. The van der Waals surface area contributed by atoms with Gasteiger partial charge >= 0.3 is 0 Å². The van der Waals surface area contributed by atoms with E-state index >= 15 is 0 Å². The highest BCUT2D eigenvalue weighted by Gasteiger charge is 1.90. The minimum absolute atomic E-state index is 0.225. The molecule has 0 saturated heterocycles. The van der Waals surface area contributed by atoms with Crippen LogP contribution in [0.5, 0.6) is 0 Å². The largest absolute Gasteiger partial charge is 0.480 e. The van der Waals surface area contributed by atoms with Crippen molar-refractivity contribution in [2.45, 2.75) is 6.92 Å². The first-order valence-corrected chi connectivity index (χ1v) is 2.65. The fraction of sp³-hybridized carbons (Fsp3) is 0.333. The topological polar surface area (TPSA) is 71.4 Å². The van der Waals surface area contributed by atoms with E-state index in [9.17, 15) is 0 Å². The van der Waals surface area contributed by atoms with Crippen molar-refractivity contribution in [3.8, 4) is 6.19 Å². The maximum atomic E-state index is 8.09. The van der Waals surface area contributed by atoms with Gasteiger partial charge in [-0.25, -0.2) is 0 Å². The van der Waals surface area contributed by atoms with Gasteiger partial charge in [-0.15, -0.1) is 4.99 Å². The van der Waals surface area contributed by atoms with Crippen LogP contribution in [-0.4, -0.2) is 13.0 Å². The Kier molecular flexibility index (Phi) is 3.73. The second-order valence-electron chi connectivity index (χ2n) is 1.64. The molecule has 0 heterocycles. The fourth-order valence-corrected chi connectivity index (χ4v) is 0.381. The number of rotatable bonds is 1. The van der Waals surface area contributed by atoms with Gasteiger partial charge in [-0.2, -0.15) is 5.26 Å². The molecule has 2 N–H and O–H groups in total. The zero-order valence-corrected chi connectivity index (χ0v) is 5.96. The molecule has 0 aliphatic carbocycles. The van der Waals surface area contributed by atoms with Crippen LogP contribution < -0.4 is 5.73 Å².